The largest absolute Gasteiger partial charge is 0.481 e. The van der Waals surface area contributed by atoms with E-state index in [1.807, 2.05) is 12.1 Å². The minimum Gasteiger partial charge on any atom is -0.481 e. The molecule has 1 N–H and O–H groups in total. The van der Waals surface area contributed by atoms with Crippen LogP contribution in [0, 0.1) is 0 Å². The number of carbonyl (C=O) groups is 1. The van der Waals surface area contributed by atoms with Crippen LogP contribution in [-0.2, 0) is 11.2 Å². The van der Waals surface area contributed by atoms with Gasteiger partial charge in [0.2, 0.25) is 0 Å². The first-order chi connectivity index (χ1) is 11.7. The van der Waals surface area contributed by atoms with E-state index in [9.17, 15) is 4.79 Å². The van der Waals surface area contributed by atoms with Crippen LogP contribution in [0.15, 0.2) is 61.2 Å². The highest BCUT2D eigenvalue weighted by molar-refractivity contribution is 7.22. The molecule has 5 nitrogen and oxygen atoms in total. The van der Waals surface area contributed by atoms with Gasteiger partial charge in [0.1, 0.15) is 5.69 Å². The molecule has 0 aliphatic heterocycles. The van der Waals surface area contributed by atoms with Crippen LogP contribution in [0.2, 0.25) is 0 Å². The van der Waals surface area contributed by atoms with E-state index in [2.05, 4.69) is 28.2 Å². The van der Waals surface area contributed by atoms with Crippen molar-refractivity contribution >= 4 is 27.4 Å². The molecule has 3 heterocycles. The summed E-state index contributed by atoms with van der Waals surface area (Å²) in [4.78, 5) is 20.8. The Morgan fingerprint density at radius 3 is 2.92 bits per heavy atom. The highest BCUT2D eigenvalue weighted by Crippen LogP contribution is 2.32. The van der Waals surface area contributed by atoms with Gasteiger partial charge >= 0.3 is 5.97 Å². The van der Waals surface area contributed by atoms with Gasteiger partial charge in [0.05, 0.1) is 23.7 Å². The van der Waals surface area contributed by atoms with E-state index in [1.54, 1.807) is 46.8 Å². The summed E-state index contributed by atoms with van der Waals surface area (Å²) in [5.41, 5.74) is 1.54. The van der Waals surface area contributed by atoms with E-state index < -0.39 is 5.97 Å². The fourth-order valence-corrected chi connectivity index (χ4v) is 3.59. The number of carboxylic acids is 1. The van der Waals surface area contributed by atoms with Crippen molar-refractivity contribution < 1.29 is 9.90 Å². The first-order valence-corrected chi connectivity index (χ1v) is 8.21. The Bertz CT molecular complexity index is 1000. The summed E-state index contributed by atoms with van der Waals surface area (Å²) < 4.78 is 3.01. The van der Waals surface area contributed by atoms with Gasteiger partial charge < -0.3 is 9.67 Å². The quantitative estimate of drug-likeness (QED) is 0.616. The molecular formula is C18H13N3O2S. The number of thiophene rings is 1. The number of aromatic nitrogens is 3. The summed E-state index contributed by atoms with van der Waals surface area (Å²) in [7, 11) is 0. The van der Waals surface area contributed by atoms with Crippen molar-refractivity contribution in [2.24, 2.45) is 0 Å². The van der Waals surface area contributed by atoms with Crippen LogP contribution < -0.4 is 0 Å². The maximum atomic E-state index is 10.8. The van der Waals surface area contributed by atoms with Gasteiger partial charge in [-0.25, -0.2) is 4.98 Å². The molecule has 1 aromatic carbocycles. The first-order valence-electron chi connectivity index (χ1n) is 7.39. The van der Waals surface area contributed by atoms with Gasteiger partial charge in [-0.2, -0.15) is 0 Å². The molecular weight excluding hydrogens is 322 g/mol. The first kappa shape index (κ1) is 14.6. The van der Waals surface area contributed by atoms with Crippen molar-refractivity contribution in [3.63, 3.8) is 0 Å². The van der Waals surface area contributed by atoms with Crippen molar-refractivity contribution in [2.75, 3.05) is 0 Å². The number of carboxylic acid groups (broad SMARTS) is 1. The molecule has 118 valence electrons. The number of aliphatic carboxylic acids is 1. The van der Waals surface area contributed by atoms with Crippen LogP contribution in [0.25, 0.3) is 26.5 Å². The van der Waals surface area contributed by atoms with Gasteiger partial charge in [0.15, 0.2) is 5.82 Å². The molecule has 4 aromatic rings. The fourth-order valence-electron chi connectivity index (χ4n) is 2.57. The van der Waals surface area contributed by atoms with Crippen LogP contribution >= 0.6 is 11.3 Å². The van der Waals surface area contributed by atoms with Crippen molar-refractivity contribution in [1.29, 1.82) is 0 Å². The molecule has 0 saturated carbocycles. The second-order valence-electron chi connectivity index (χ2n) is 5.41. The average Bonchev–Trinajstić information content (AvgIpc) is 3.21. The van der Waals surface area contributed by atoms with Gasteiger partial charge in [-0.3, -0.25) is 9.78 Å². The third kappa shape index (κ3) is 2.79. The lowest BCUT2D eigenvalue weighted by Crippen LogP contribution is -2.00. The van der Waals surface area contributed by atoms with Crippen molar-refractivity contribution in [2.45, 2.75) is 6.42 Å². The summed E-state index contributed by atoms with van der Waals surface area (Å²) in [5, 5.41) is 10.1. The number of nitrogens with zero attached hydrogens (tertiary/aromatic N) is 3. The highest BCUT2D eigenvalue weighted by atomic mass is 32.1. The van der Waals surface area contributed by atoms with E-state index in [4.69, 9.17) is 5.11 Å². The summed E-state index contributed by atoms with van der Waals surface area (Å²) in [6.45, 7) is 0. The number of fused-ring (bicyclic) bond motifs is 1. The van der Waals surface area contributed by atoms with Crippen LogP contribution in [0.4, 0.5) is 0 Å². The van der Waals surface area contributed by atoms with Crippen molar-refractivity contribution in [3.05, 3.63) is 66.7 Å². The predicted octanol–water partition coefficient (Wildman–Crippen LogP) is 3.78. The summed E-state index contributed by atoms with van der Waals surface area (Å²) in [6, 6.07) is 12.1. The van der Waals surface area contributed by atoms with Crippen molar-refractivity contribution in [1.82, 2.24) is 14.5 Å². The third-order valence-corrected chi connectivity index (χ3v) is 4.81. The average molecular weight is 335 g/mol. The lowest BCUT2D eigenvalue weighted by atomic mass is 10.2. The number of hydrogen-bond donors (Lipinski definition) is 1. The van der Waals surface area contributed by atoms with E-state index >= 15 is 0 Å². The molecule has 0 bridgehead atoms. The number of rotatable bonds is 4. The zero-order chi connectivity index (χ0) is 16.5. The van der Waals surface area contributed by atoms with Gasteiger partial charge in [0.25, 0.3) is 0 Å². The Kier molecular flexibility index (Phi) is 3.59. The normalized spacial score (nSPS) is 11.0. The lowest BCUT2D eigenvalue weighted by molar-refractivity contribution is -0.136. The minimum atomic E-state index is -0.849. The number of benzene rings is 1. The molecule has 0 amide bonds. The van der Waals surface area contributed by atoms with Gasteiger partial charge in [-0.05, 0) is 29.1 Å². The molecule has 0 aliphatic carbocycles. The molecule has 0 saturated heterocycles. The molecule has 0 atom stereocenters. The van der Waals surface area contributed by atoms with Gasteiger partial charge in [-0.1, -0.05) is 18.2 Å². The molecule has 6 heteroatoms. The maximum Gasteiger partial charge on any atom is 0.307 e. The molecule has 0 aliphatic rings. The van der Waals surface area contributed by atoms with Crippen LogP contribution in [-0.4, -0.2) is 25.6 Å². The Morgan fingerprint density at radius 1 is 1.21 bits per heavy atom. The van der Waals surface area contributed by atoms with Gasteiger partial charge in [-0.15, -0.1) is 11.3 Å². The molecule has 4 rings (SSSR count). The smallest absolute Gasteiger partial charge is 0.307 e. The standard InChI is InChI=1S/C18H13N3O2S/c22-18(23)7-12-5-6-21(11-12)17-10-19-9-14(20-17)16-8-13-3-1-2-4-15(13)24-16/h1-6,8-11H,7H2,(H,22,23). The molecule has 0 unspecified atom stereocenters. The highest BCUT2D eigenvalue weighted by Gasteiger charge is 2.09. The Balaban J connectivity index is 1.70. The monoisotopic (exact) mass is 335 g/mol. The molecule has 3 aromatic heterocycles. The summed E-state index contributed by atoms with van der Waals surface area (Å²) >= 11 is 1.68. The van der Waals surface area contributed by atoms with Crippen LogP contribution in [0.1, 0.15) is 5.56 Å². The topological polar surface area (TPSA) is 68.0 Å². The second-order valence-corrected chi connectivity index (χ2v) is 6.49. The maximum absolute atomic E-state index is 10.8. The molecule has 0 radical (unpaired) electrons. The Labute approximate surface area is 141 Å². The third-order valence-electron chi connectivity index (χ3n) is 3.67. The molecule has 0 fully saturated rings. The SMILES string of the molecule is O=C(O)Cc1ccn(-c2cncc(-c3cc4ccccc4s3)n2)c1. The van der Waals surface area contributed by atoms with Crippen molar-refractivity contribution in [3.8, 4) is 16.4 Å². The second kappa shape index (κ2) is 5.90. The number of hydrogen-bond acceptors (Lipinski definition) is 4. The van der Waals surface area contributed by atoms with Crippen LogP contribution in [0.3, 0.4) is 0 Å². The summed E-state index contributed by atoms with van der Waals surface area (Å²) in [6.07, 6.45) is 6.98. The molecule has 0 spiro atoms. The molecule has 24 heavy (non-hydrogen) atoms. The zero-order valence-corrected chi connectivity index (χ0v) is 13.4. The fraction of sp³-hybridized carbons (Fsp3) is 0.0556. The Morgan fingerprint density at radius 2 is 2.08 bits per heavy atom. The summed E-state index contributed by atoms with van der Waals surface area (Å²) in [5.74, 6) is -0.181. The predicted molar refractivity (Wildman–Crippen MR) is 93.5 cm³/mol. The van der Waals surface area contributed by atoms with E-state index in [0.29, 0.717) is 5.82 Å². The van der Waals surface area contributed by atoms with E-state index in [-0.39, 0.29) is 6.42 Å². The Hall–Kier alpha value is -2.99. The zero-order valence-electron chi connectivity index (χ0n) is 12.6. The van der Waals surface area contributed by atoms with E-state index in [0.717, 1.165) is 16.1 Å². The lowest BCUT2D eigenvalue weighted by Gasteiger charge is -2.03. The van der Waals surface area contributed by atoms with Crippen LogP contribution in [0.5, 0.6) is 0 Å². The minimum absolute atomic E-state index is 0.00354. The van der Waals surface area contributed by atoms with E-state index in [1.165, 1.54) is 10.1 Å². The van der Waals surface area contributed by atoms with Gasteiger partial charge in [0, 0.05) is 17.1 Å².